The van der Waals surface area contributed by atoms with E-state index in [0.717, 1.165) is 0 Å². The number of nitrogens with zero attached hydrogens (tertiary/aromatic N) is 1. The molecule has 0 aliphatic heterocycles. The van der Waals surface area contributed by atoms with Gasteiger partial charge in [-0.25, -0.2) is 0 Å². The molecular weight excluding hydrogens is 190 g/mol. The molecule has 6 heteroatoms. The Morgan fingerprint density at radius 3 is 2.43 bits per heavy atom. The normalized spacial score (nSPS) is 10.5. The molecule has 0 rings (SSSR count). The molecule has 0 fully saturated rings. The van der Waals surface area contributed by atoms with E-state index in [2.05, 4.69) is 4.74 Å². The van der Waals surface area contributed by atoms with Crippen LogP contribution in [-0.2, 0) is 14.3 Å². The zero-order valence-electron chi connectivity index (χ0n) is 8.10. The molecule has 0 heterocycles. The lowest BCUT2D eigenvalue weighted by Gasteiger charge is -2.17. The summed E-state index contributed by atoms with van der Waals surface area (Å²) in [5, 5.41) is 16.8. The third-order valence-corrected chi connectivity index (χ3v) is 1.45. The molecule has 0 aliphatic rings. The van der Waals surface area contributed by atoms with Crippen LogP contribution in [0, 0.1) is 0 Å². The van der Waals surface area contributed by atoms with Crippen LogP contribution in [-0.4, -0.2) is 59.9 Å². The maximum Gasteiger partial charge on any atom is 0.317 e. The average molecular weight is 205 g/mol. The van der Waals surface area contributed by atoms with Gasteiger partial charge in [-0.2, -0.15) is 0 Å². The van der Waals surface area contributed by atoms with Crippen molar-refractivity contribution in [2.75, 3.05) is 33.0 Å². The van der Waals surface area contributed by atoms with Crippen LogP contribution >= 0.6 is 0 Å². The molecule has 82 valence electrons. The molecule has 0 aromatic carbocycles. The Morgan fingerprint density at radius 2 is 2.00 bits per heavy atom. The van der Waals surface area contributed by atoms with Crippen LogP contribution in [0.2, 0.25) is 0 Å². The van der Waals surface area contributed by atoms with Crippen molar-refractivity contribution in [3.63, 3.8) is 0 Å². The van der Waals surface area contributed by atoms with E-state index in [0.29, 0.717) is 6.54 Å². The standard InChI is InChI=1S/C8H15NO5/c1-7(11)4-9(5-8(12)13)2-3-14-6-10/h10H,2-6H2,1H3,(H,12,13). The summed E-state index contributed by atoms with van der Waals surface area (Å²) in [5.41, 5.74) is 0. The number of aliphatic carboxylic acids is 1. The quantitative estimate of drug-likeness (QED) is 0.387. The Bertz CT molecular complexity index is 178. The van der Waals surface area contributed by atoms with Gasteiger partial charge in [0.25, 0.3) is 0 Å². The minimum Gasteiger partial charge on any atom is -0.480 e. The molecule has 0 aliphatic carbocycles. The smallest absolute Gasteiger partial charge is 0.317 e. The third kappa shape index (κ3) is 7.66. The lowest BCUT2D eigenvalue weighted by atomic mass is 10.3. The van der Waals surface area contributed by atoms with Gasteiger partial charge in [0.05, 0.1) is 19.7 Å². The maximum atomic E-state index is 10.7. The topological polar surface area (TPSA) is 87.1 Å². The van der Waals surface area contributed by atoms with Gasteiger partial charge in [-0.1, -0.05) is 0 Å². The van der Waals surface area contributed by atoms with Crippen molar-refractivity contribution in [2.45, 2.75) is 6.92 Å². The number of hydrogen-bond donors (Lipinski definition) is 2. The molecule has 6 nitrogen and oxygen atoms in total. The lowest BCUT2D eigenvalue weighted by Crippen LogP contribution is -2.36. The highest BCUT2D eigenvalue weighted by atomic mass is 16.6. The van der Waals surface area contributed by atoms with Crippen LogP contribution in [0.4, 0.5) is 0 Å². The Kier molecular flexibility index (Phi) is 6.91. The number of aliphatic hydroxyl groups is 1. The highest BCUT2D eigenvalue weighted by Gasteiger charge is 2.10. The molecule has 2 N–H and O–H groups in total. The molecule has 14 heavy (non-hydrogen) atoms. The van der Waals surface area contributed by atoms with Crippen molar-refractivity contribution in [1.29, 1.82) is 0 Å². The Labute approximate surface area is 82.1 Å². The molecule has 0 aromatic rings. The number of rotatable bonds is 8. The molecule has 0 aromatic heterocycles. The molecule has 0 bridgehead atoms. The summed E-state index contributed by atoms with van der Waals surface area (Å²) in [6, 6.07) is 0. The monoisotopic (exact) mass is 205 g/mol. The molecule has 0 atom stereocenters. The van der Waals surface area contributed by atoms with E-state index >= 15 is 0 Å². The number of Topliss-reactive ketones (excluding diaryl/α,β-unsaturated/α-hetero) is 1. The number of ether oxygens (including phenoxy) is 1. The van der Waals surface area contributed by atoms with Crippen molar-refractivity contribution in [3.8, 4) is 0 Å². The first-order valence-electron chi connectivity index (χ1n) is 4.18. The van der Waals surface area contributed by atoms with Crippen LogP contribution < -0.4 is 0 Å². The summed E-state index contributed by atoms with van der Waals surface area (Å²) in [6.07, 6.45) is 0. The second-order valence-electron chi connectivity index (χ2n) is 2.84. The third-order valence-electron chi connectivity index (χ3n) is 1.45. The summed E-state index contributed by atoms with van der Waals surface area (Å²) in [4.78, 5) is 22.6. The SMILES string of the molecule is CC(=O)CN(CCOCO)CC(=O)O. The summed E-state index contributed by atoms with van der Waals surface area (Å²) in [7, 11) is 0. The van der Waals surface area contributed by atoms with Gasteiger partial charge in [-0.15, -0.1) is 0 Å². The fraction of sp³-hybridized carbons (Fsp3) is 0.750. The van der Waals surface area contributed by atoms with Crippen LogP contribution in [0.5, 0.6) is 0 Å². The Morgan fingerprint density at radius 1 is 1.36 bits per heavy atom. The second kappa shape index (κ2) is 7.43. The van der Waals surface area contributed by atoms with E-state index in [1.807, 2.05) is 0 Å². The van der Waals surface area contributed by atoms with Crippen LogP contribution in [0.15, 0.2) is 0 Å². The van der Waals surface area contributed by atoms with Crippen LogP contribution in [0.25, 0.3) is 0 Å². The first-order chi connectivity index (χ1) is 6.56. The molecular formula is C8H15NO5. The molecule has 0 saturated carbocycles. The fourth-order valence-corrected chi connectivity index (χ4v) is 0.978. The van der Waals surface area contributed by atoms with Crippen molar-refractivity contribution in [1.82, 2.24) is 4.90 Å². The fourth-order valence-electron chi connectivity index (χ4n) is 0.978. The van der Waals surface area contributed by atoms with E-state index in [4.69, 9.17) is 10.2 Å². The number of carboxylic acids is 1. The van der Waals surface area contributed by atoms with Gasteiger partial charge < -0.3 is 14.9 Å². The molecule has 0 amide bonds. The largest absolute Gasteiger partial charge is 0.480 e. The predicted octanol–water partition coefficient (Wildman–Crippen LogP) is -1.07. The summed E-state index contributed by atoms with van der Waals surface area (Å²) >= 11 is 0. The molecule has 0 spiro atoms. The zero-order chi connectivity index (χ0) is 11.0. The number of carbonyl (C=O) groups excluding carboxylic acids is 1. The van der Waals surface area contributed by atoms with Gasteiger partial charge in [0, 0.05) is 6.54 Å². The van der Waals surface area contributed by atoms with Gasteiger partial charge in [0.1, 0.15) is 12.6 Å². The minimum absolute atomic E-state index is 0.0844. The van der Waals surface area contributed by atoms with E-state index < -0.39 is 12.8 Å². The van der Waals surface area contributed by atoms with E-state index in [1.165, 1.54) is 11.8 Å². The van der Waals surface area contributed by atoms with Gasteiger partial charge in [0.15, 0.2) is 0 Å². The Balaban J connectivity index is 3.84. The maximum absolute atomic E-state index is 10.7. The van der Waals surface area contributed by atoms with Crippen molar-refractivity contribution in [3.05, 3.63) is 0 Å². The summed E-state index contributed by atoms with van der Waals surface area (Å²) < 4.78 is 4.64. The number of carboxylic acid groups (broad SMARTS) is 1. The highest BCUT2D eigenvalue weighted by molar-refractivity contribution is 5.78. The van der Waals surface area contributed by atoms with Crippen molar-refractivity contribution < 1.29 is 24.5 Å². The van der Waals surface area contributed by atoms with Gasteiger partial charge in [0.2, 0.25) is 0 Å². The number of aliphatic hydroxyl groups excluding tert-OH is 1. The van der Waals surface area contributed by atoms with E-state index in [9.17, 15) is 9.59 Å². The predicted molar refractivity (Wildman–Crippen MR) is 47.8 cm³/mol. The first kappa shape index (κ1) is 13.0. The van der Waals surface area contributed by atoms with Crippen LogP contribution in [0.3, 0.4) is 0 Å². The molecule has 0 radical (unpaired) electrons. The molecule has 0 unspecified atom stereocenters. The lowest BCUT2D eigenvalue weighted by molar-refractivity contribution is -0.138. The first-order valence-corrected chi connectivity index (χ1v) is 4.18. The Hall–Kier alpha value is -0.980. The van der Waals surface area contributed by atoms with Crippen molar-refractivity contribution in [2.24, 2.45) is 0 Å². The van der Waals surface area contributed by atoms with Gasteiger partial charge in [-0.05, 0) is 6.92 Å². The van der Waals surface area contributed by atoms with Crippen molar-refractivity contribution >= 4 is 11.8 Å². The summed E-state index contributed by atoms with van der Waals surface area (Å²) in [5.74, 6) is -1.09. The molecule has 0 saturated heterocycles. The van der Waals surface area contributed by atoms with Crippen LogP contribution in [0.1, 0.15) is 6.92 Å². The number of ketones is 1. The summed E-state index contributed by atoms with van der Waals surface area (Å²) in [6.45, 7) is 1.39. The van der Waals surface area contributed by atoms with Gasteiger partial charge in [-0.3, -0.25) is 14.5 Å². The highest BCUT2D eigenvalue weighted by Crippen LogP contribution is 1.89. The van der Waals surface area contributed by atoms with Gasteiger partial charge >= 0.3 is 5.97 Å². The average Bonchev–Trinajstić information content (AvgIpc) is 2.02. The number of carbonyl (C=O) groups is 2. The second-order valence-corrected chi connectivity index (χ2v) is 2.84. The minimum atomic E-state index is -0.991. The number of hydrogen-bond acceptors (Lipinski definition) is 5. The van der Waals surface area contributed by atoms with E-state index in [-0.39, 0.29) is 25.5 Å². The zero-order valence-corrected chi connectivity index (χ0v) is 8.10. The van der Waals surface area contributed by atoms with E-state index in [1.54, 1.807) is 0 Å².